The second-order valence-electron chi connectivity index (χ2n) is 3.39. The fourth-order valence-corrected chi connectivity index (χ4v) is 1.27. The lowest BCUT2D eigenvalue weighted by Crippen LogP contribution is -3.00. The number of rotatable bonds is 6. The Bertz CT molecular complexity index is 299. The Kier molecular flexibility index (Phi) is 6.79. The summed E-state index contributed by atoms with van der Waals surface area (Å²) in [6.07, 6.45) is 8.37. The van der Waals surface area contributed by atoms with Gasteiger partial charge < -0.3 is 17.5 Å². The van der Waals surface area contributed by atoms with E-state index in [-0.39, 0.29) is 18.8 Å². The Morgan fingerprint density at radius 2 is 2.27 bits per heavy atom. The minimum absolute atomic E-state index is 0. The fourth-order valence-electron chi connectivity index (χ4n) is 1.27. The maximum absolute atomic E-state index is 10.3. The van der Waals surface area contributed by atoms with E-state index >= 15 is 0 Å². The van der Waals surface area contributed by atoms with Gasteiger partial charge in [0.15, 0.2) is 0 Å². The Balaban J connectivity index is 0.00000196. The standard InChI is InChI=1S/C10H16N2O2.ClH/c1-2-3-5-11-7-8-12(9-11)6-4-10(13)14;/h7-9H,2-6H2,1H3;1H. The van der Waals surface area contributed by atoms with Crippen LogP contribution in [0.3, 0.4) is 0 Å². The van der Waals surface area contributed by atoms with Crippen molar-refractivity contribution in [2.24, 2.45) is 0 Å². The van der Waals surface area contributed by atoms with Gasteiger partial charge in [0.2, 0.25) is 6.33 Å². The van der Waals surface area contributed by atoms with Gasteiger partial charge in [0.25, 0.3) is 0 Å². The van der Waals surface area contributed by atoms with Crippen molar-refractivity contribution >= 4 is 5.97 Å². The molecule has 86 valence electrons. The SMILES string of the molecule is CCCC[n+]1ccn(CCC(=O)O)c1.[Cl-]. The van der Waals surface area contributed by atoms with Crippen molar-refractivity contribution in [2.45, 2.75) is 39.3 Å². The Morgan fingerprint density at radius 3 is 2.87 bits per heavy atom. The quantitative estimate of drug-likeness (QED) is 0.580. The van der Waals surface area contributed by atoms with Gasteiger partial charge in [0.05, 0.1) is 13.0 Å². The summed E-state index contributed by atoms with van der Waals surface area (Å²) in [6, 6.07) is 0. The molecule has 0 saturated carbocycles. The predicted molar refractivity (Wildman–Crippen MR) is 51.8 cm³/mol. The molecule has 0 saturated heterocycles. The maximum atomic E-state index is 10.3. The molecule has 15 heavy (non-hydrogen) atoms. The number of carboxylic acids is 1. The molecule has 1 rings (SSSR count). The predicted octanol–water partition coefficient (Wildman–Crippen LogP) is -1.95. The van der Waals surface area contributed by atoms with Crippen LogP contribution in [0.4, 0.5) is 0 Å². The Labute approximate surface area is 95.9 Å². The van der Waals surface area contributed by atoms with Gasteiger partial charge in [-0.2, -0.15) is 0 Å². The summed E-state index contributed by atoms with van der Waals surface area (Å²) >= 11 is 0. The molecule has 0 aromatic carbocycles. The third-order valence-electron chi connectivity index (χ3n) is 2.10. The topological polar surface area (TPSA) is 46.1 Å². The Morgan fingerprint density at radius 1 is 1.53 bits per heavy atom. The number of carbonyl (C=O) groups is 1. The van der Waals surface area contributed by atoms with Crippen molar-refractivity contribution in [3.63, 3.8) is 0 Å². The van der Waals surface area contributed by atoms with E-state index in [1.165, 1.54) is 6.42 Å². The highest BCUT2D eigenvalue weighted by Gasteiger charge is 2.04. The van der Waals surface area contributed by atoms with Crippen LogP contribution in [-0.4, -0.2) is 15.6 Å². The first-order chi connectivity index (χ1) is 6.72. The molecule has 0 aliphatic heterocycles. The van der Waals surface area contributed by atoms with Crippen LogP contribution in [0, 0.1) is 0 Å². The van der Waals surface area contributed by atoms with E-state index in [0.717, 1.165) is 13.0 Å². The second-order valence-corrected chi connectivity index (χ2v) is 3.39. The molecule has 0 amide bonds. The molecule has 1 heterocycles. The van der Waals surface area contributed by atoms with Crippen molar-refractivity contribution in [1.29, 1.82) is 0 Å². The van der Waals surface area contributed by atoms with Crippen LogP contribution < -0.4 is 17.0 Å². The minimum atomic E-state index is -0.751. The summed E-state index contributed by atoms with van der Waals surface area (Å²) < 4.78 is 4.00. The number of aliphatic carboxylic acids is 1. The van der Waals surface area contributed by atoms with Crippen molar-refractivity contribution in [2.75, 3.05) is 0 Å². The monoisotopic (exact) mass is 232 g/mol. The molecule has 1 aromatic rings. The van der Waals surface area contributed by atoms with E-state index < -0.39 is 5.97 Å². The molecule has 0 fully saturated rings. The lowest BCUT2D eigenvalue weighted by atomic mass is 10.3. The van der Waals surface area contributed by atoms with Crippen LogP contribution in [0.5, 0.6) is 0 Å². The summed E-state index contributed by atoms with van der Waals surface area (Å²) in [5.41, 5.74) is 0. The van der Waals surface area contributed by atoms with Crippen LogP contribution in [-0.2, 0) is 17.9 Å². The molecule has 0 radical (unpaired) electrons. The number of hydrogen-bond acceptors (Lipinski definition) is 1. The van der Waals surface area contributed by atoms with Crippen LogP contribution in [0.15, 0.2) is 18.7 Å². The van der Waals surface area contributed by atoms with Gasteiger partial charge in [-0.1, -0.05) is 13.3 Å². The molecule has 1 aromatic heterocycles. The van der Waals surface area contributed by atoms with Gasteiger partial charge >= 0.3 is 5.97 Å². The number of unbranched alkanes of at least 4 members (excludes halogenated alkanes) is 1. The molecule has 0 spiro atoms. The molecular formula is C10H17ClN2O2. The summed E-state index contributed by atoms with van der Waals surface area (Å²) in [7, 11) is 0. The van der Waals surface area contributed by atoms with E-state index in [9.17, 15) is 4.79 Å². The van der Waals surface area contributed by atoms with Gasteiger partial charge in [-0.15, -0.1) is 0 Å². The highest BCUT2D eigenvalue weighted by atomic mass is 35.5. The van der Waals surface area contributed by atoms with Crippen molar-refractivity contribution < 1.29 is 26.9 Å². The summed E-state index contributed by atoms with van der Waals surface area (Å²) in [5.74, 6) is -0.751. The molecular weight excluding hydrogens is 216 g/mol. The molecule has 0 atom stereocenters. The summed E-state index contributed by atoms with van der Waals surface area (Å²) in [5, 5.41) is 8.50. The van der Waals surface area contributed by atoms with E-state index in [4.69, 9.17) is 5.11 Å². The molecule has 0 aliphatic rings. The first-order valence-electron chi connectivity index (χ1n) is 4.99. The van der Waals surface area contributed by atoms with Crippen LogP contribution in [0.2, 0.25) is 0 Å². The maximum Gasteiger partial charge on any atom is 0.307 e. The number of imidazole rings is 1. The van der Waals surface area contributed by atoms with Crippen LogP contribution in [0.1, 0.15) is 26.2 Å². The molecule has 5 heteroatoms. The third-order valence-corrected chi connectivity index (χ3v) is 2.10. The Hall–Kier alpha value is -1.03. The smallest absolute Gasteiger partial charge is 0.307 e. The number of nitrogens with zero attached hydrogens (tertiary/aromatic N) is 2. The van der Waals surface area contributed by atoms with E-state index in [0.29, 0.717) is 6.54 Å². The number of hydrogen-bond donors (Lipinski definition) is 1. The number of halogens is 1. The zero-order valence-corrected chi connectivity index (χ0v) is 9.65. The first-order valence-corrected chi connectivity index (χ1v) is 4.99. The van der Waals surface area contributed by atoms with Gasteiger partial charge in [0, 0.05) is 0 Å². The highest BCUT2D eigenvalue weighted by Crippen LogP contribution is 1.91. The number of carboxylic acid groups (broad SMARTS) is 1. The second kappa shape index (κ2) is 7.29. The van der Waals surface area contributed by atoms with Gasteiger partial charge in [-0.05, 0) is 6.42 Å². The third kappa shape index (κ3) is 5.42. The van der Waals surface area contributed by atoms with E-state index in [1.54, 1.807) is 0 Å². The lowest BCUT2D eigenvalue weighted by Gasteiger charge is -1.93. The average molecular weight is 233 g/mol. The van der Waals surface area contributed by atoms with Crippen molar-refractivity contribution in [3.05, 3.63) is 18.7 Å². The summed E-state index contributed by atoms with van der Waals surface area (Å²) in [4.78, 5) is 10.3. The van der Waals surface area contributed by atoms with Gasteiger partial charge in [-0.25, -0.2) is 9.13 Å². The van der Waals surface area contributed by atoms with Gasteiger partial charge in [0.1, 0.15) is 18.9 Å². The normalized spacial score (nSPS) is 9.67. The largest absolute Gasteiger partial charge is 1.00 e. The molecule has 0 unspecified atom stereocenters. The van der Waals surface area contributed by atoms with Crippen molar-refractivity contribution in [1.82, 2.24) is 4.57 Å². The average Bonchev–Trinajstić information content (AvgIpc) is 2.59. The van der Waals surface area contributed by atoms with Crippen LogP contribution in [0.25, 0.3) is 0 Å². The van der Waals surface area contributed by atoms with Crippen molar-refractivity contribution in [3.8, 4) is 0 Å². The minimum Gasteiger partial charge on any atom is -1.00 e. The van der Waals surface area contributed by atoms with Crippen LogP contribution >= 0.6 is 0 Å². The molecule has 1 N–H and O–H groups in total. The molecule has 4 nitrogen and oxygen atoms in total. The molecule has 0 aliphatic carbocycles. The summed E-state index contributed by atoms with van der Waals surface area (Å²) in [6.45, 7) is 3.72. The lowest BCUT2D eigenvalue weighted by molar-refractivity contribution is -0.696. The first kappa shape index (κ1) is 14.0. The highest BCUT2D eigenvalue weighted by molar-refractivity contribution is 5.66. The van der Waals surface area contributed by atoms with E-state index in [2.05, 4.69) is 11.5 Å². The zero-order chi connectivity index (χ0) is 10.4. The number of aryl methyl sites for hydroxylation is 2. The fraction of sp³-hybridized carbons (Fsp3) is 0.600. The van der Waals surface area contributed by atoms with Gasteiger partial charge in [-0.3, -0.25) is 4.79 Å². The molecule has 0 bridgehead atoms. The zero-order valence-electron chi connectivity index (χ0n) is 8.90. The van der Waals surface area contributed by atoms with E-state index in [1.807, 2.05) is 23.3 Å². The number of aromatic nitrogens is 2.